The van der Waals surface area contributed by atoms with Crippen LogP contribution in [0.1, 0.15) is 46.0 Å². The maximum Gasteiger partial charge on any atom is 0.262 e. The lowest BCUT2D eigenvalue weighted by Gasteiger charge is -2.27. The van der Waals surface area contributed by atoms with Crippen LogP contribution in [0.5, 0.6) is 0 Å². The average Bonchev–Trinajstić information content (AvgIpc) is 2.86. The van der Waals surface area contributed by atoms with Crippen LogP contribution in [-0.4, -0.2) is 66.2 Å². The van der Waals surface area contributed by atoms with Gasteiger partial charge in [0.25, 0.3) is 11.8 Å². The highest BCUT2D eigenvalue weighted by molar-refractivity contribution is 6.23. The van der Waals surface area contributed by atoms with Crippen LogP contribution in [0, 0.1) is 0 Å². The molecule has 2 atom stereocenters. The molecule has 4 amide bonds. The molecule has 2 aliphatic heterocycles. The summed E-state index contributed by atoms with van der Waals surface area (Å²) in [6, 6.07) is 4.58. The molecule has 1 aromatic carbocycles. The topological polar surface area (TPSA) is 98.8 Å². The normalized spacial score (nSPS) is 20.9. The SMILES string of the molecule is CNCC(C)N(C)Cc1ccc2c(c1)C(=O)N(C1CCC(=O)NC1=O)C2=O. The van der Waals surface area contributed by atoms with Crippen molar-refractivity contribution in [1.82, 2.24) is 20.4 Å². The van der Waals surface area contributed by atoms with Gasteiger partial charge in [-0.2, -0.15) is 0 Å². The zero-order chi connectivity index (χ0) is 19.7. The van der Waals surface area contributed by atoms with E-state index in [0.717, 1.165) is 17.0 Å². The van der Waals surface area contributed by atoms with Gasteiger partial charge in [0.1, 0.15) is 6.04 Å². The van der Waals surface area contributed by atoms with Crippen molar-refractivity contribution in [3.63, 3.8) is 0 Å². The molecule has 0 aromatic heterocycles. The zero-order valence-corrected chi connectivity index (χ0v) is 15.7. The lowest BCUT2D eigenvalue weighted by atomic mass is 10.0. The molecule has 2 heterocycles. The molecule has 2 N–H and O–H groups in total. The molecule has 0 saturated carbocycles. The molecular weight excluding hydrogens is 348 g/mol. The molecule has 0 radical (unpaired) electrons. The van der Waals surface area contributed by atoms with Gasteiger partial charge in [-0.15, -0.1) is 0 Å². The van der Waals surface area contributed by atoms with Gasteiger partial charge in [0.2, 0.25) is 11.8 Å². The van der Waals surface area contributed by atoms with Gasteiger partial charge in [-0.05, 0) is 45.1 Å². The Morgan fingerprint density at radius 3 is 2.59 bits per heavy atom. The molecule has 144 valence electrons. The van der Waals surface area contributed by atoms with E-state index in [2.05, 4.69) is 22.5 Å². The zero-order valence-electron chi connectivity index (χ0n) is 15.7. The van der Waals surface area contributed by atoms with Crippen molar-refractivity contribution in [3.05, 3.63) is 34.9 Å². The second-order valence-corrected chi connectivity index (χ2v) is 7.15. The van der Waals surface area contributed by atoms with Gasteiger partial charge in [0, 0.05) is 25.6 Å². The van der Waals surface area contributed by atoms with E-state index in [1.165, 1.54) is 0 Å². The molecule has 1 fully saturated rings. The number of fused-ring (bicyclic) bond motifs is 1. The number of amides is 4. The quantitative estimate of drug-likeness (QED) is 0.689. The first-order valence-corrected chi connectivity index (χ1v) is 9.02. The van der Waals surface area contributed by atoms with Crippen LogP contribution in [0.2, 0.25) is 0 Å². The van der Waals surface area contributed by atoms with E-state index in [1.54, 1.807) is 12.1 Å². The van der Waals surface area contributed by atoms with Crippen molar-refractivity contribution in [3.8, 4) is 0 Å². The minimum Gasteiger partial charge on any atom is -0.318 e. The number of piperidine rings is 1. The summed E-state index contributed by atoms with van der Waals surface area (Å²) in [6.45, 7) is 3.57. The maximum atomic E-state index is 12.8. The van der Waals surface area contributed by atoms with Crippen molar-refractivity contribution in [2.75, 3.05) is 20.6 Å². The first-order valence-electron chi connectivity index (χ1n) is 9.02. The molecule has 1 aromatic rings. The van der Waals surface area contributed by atoms with Gasteiger partial charge in [-0.25, -0.2) is 0 Å². The third-order valence-electron chi connectivity index (χ3n) is 5.19. The highest BCUT2D eigenvalue weighted by Gasteiger charge is 2.44. The van der Waals surface area contributed by atoms with E-state index in [4.69, 9.17) is 0 Å². The largest absolute Gasteiger partial charge is 0.318 e. The first-order chi connectivity index (χ1) is 12.8. The number of nitrogens with zero attached hydrogens (tertiary/aromatic N) is 2. The number of nitrogens with one attached hydrogen (secondary N) is 2. The predicted octanol–water partition coefficient (Wildman–Crippen LogP) is 0.128. The molecule has 2 unspecified atom stereocenters. The van der Waals surface area contributed by atoms with Crippen molar-refractivity contribution in [2.24, 2.45) is 0 Å². The van der Waals surface area contributed by atoms with E-state index in [1.807, 2.05) is 20.2 Å². The molecule has 0 aliphatic carbocycles. The highest BCUT2D eigenvalue weighted by Crippen LogP contribution is 2.28. The summed E-state index contributed by atoms with van der Waals surface area (Å²) >= 11 is 0. The highest BCUT2D eigenvalue weighted by atomic mass is 16.2. The Morgan fingerprint density at radius 2 is 1.93 bits per heavy atom. The number of carbonyl (C=O) groups excluding carboxylic acids is 4. The summed E-state index contributed by atoms with van der Waals surface area (Å²) in [7, 11) is 3.89. The monoisotopic (exact) mass is 372 g/mol. The lowest BCUT2D eigenvalue weighted by molar-refractivity contribution is -0.136. The molecule has 8 heteroatoms. The molecular formula is C19H24N4O4. The van der Waals surface area contributed by atoms with Gasteiger partial charge >= 0.3 is 0 Å². The smallest absolute Gasteiger partial charge is 0.262 e. The molecule has 1 saturated heterocycles. The van der Waals surface area contributed by atoms with Crippen molar-refractivity contribution >= 4 is 23.6 Å². The van der Waals surface area contributed by atoms with Crippen molar-refractivity contribution < 1.29 is 19.2 Å². The van der Waals surface area contributed by atoms with Crippen LogP contribution >= 0.6 is 0 Å². The van der Waals surface area contributed by atoms with Crippen LogP contribution in [-0.2, 0) is 16.1 Å². The Balaban J connectivity index is 1.80. The van der Waals surface area contributed by atoms with Crippen molar-refractivity contribution in [2.45, 2.75) is 38.4 Å². The molecule has 27 heavy (non-hydrogen) atoms. The average molecular weight is 372 g/mol. The second-order valence-electron chi connectivity index (χ2n) is 7.15. The Bertz CT molecular complexity index is 807. The predicted molar refractivity (Wildman–Crippen MR) is 98.0 cm³/mol. The minimum atomic E-state index is -0.933. The number of rotatable bonds is 6. The number of benzene rings is 1. The van der Waals surface area contributed by atoms with Gasteiger partial charge in [0.15, 0.2) is 0 Å². The number of likely N-dealkylation sites (N-methyl/N-ethyl adjacent to an activating group) is 2. The van der Waals surface area contributed by atoms with Gasteiger partial charge in [-0.3, -0.25) is 34.3 Å². The van der Waals surface area contributed by atoms with E-state index in [-0.39, 0.29) is 18.7 Å². The number of carbonyl (C=O) groups is 4. The van der Waals surface area contributed by atoms with Crippen LogP contribution in [0.25, 0.3) is 0 Å². The minimum absolute atomic E-state index is 0.114. The second kappa shape index (κ2) is 7.58. The molecule has 2 aliphatic rings. The summed E-state index contributed by atoms with van der Waals surface area (Å²) in [5.41, 5.74) is 1.54. The van der Waals surface area contributed by atoms with E-state index < -0.39 is 23.8 Å². The Kier molecular flexibility index (Phi) is 5.38. The van der Waals surface area contributed by atoms with Crippen molar-refractivity contribution in [1.29, 1.82) is 0 Å². The Labute approximate surface area is 157 Å². The fraction of sp³-hybridized carbons (Fsp3) is 0.474. The van der Waals surface area contributed by atoms with Crippen LogP contribution in [0.4, 0.5) is 0 Å². The number of imide groups is 2. The summed E-state index contributed by atoms with van der Waals surface area (Å²) in [5.74, 6) is -1.93. The Morgan fingerprint density at radius 1 is 1.22 bits per heavy atom. The Hall–Kier alpha value is -2.58. The standard InChI is InChI=1S/C19H24N4O4/c1-11(9-20-2)22(3)10-12-4-5-13-14(8-12)19(27)23(18(13)26)15-6-7-16(24)21-17(15)25/h4-5,8,11,15,20H,6-7,9-10H2,1-3H3,(H,21,24,25). The van der Waals surface area contributed by atoms with Crippen LogP contribution in [0.15, 0.2) is 18.2 Å². The fourth-order valence-electron chi connectivity index (χ4n) is 3.51. The summed E-state index contributed by atoms with van der Waals surface area (Å²) in [4.78, 5) is 52.1. The van der Waals surface area contributed by atoms with E-state index in [0.29, 0.717) is 23.7 Å². The lowest BCUT2D eigenvalue weighted by Crippen LogP contribution is -2.54. The van der Waals surface area contributed by atoms with Gasteiger partial charge < -0.3 is 5.32 Å². The van der Waals surface area contributed by atoms with Crippen LogP contribution in [0.3, 0.4) is 0 Å². The number of hydrogen-bond donors (Lipinski definition) is 2. The van der Waals surface area contributed by atoms with Crippen LogP contribution < -0.4 is 10.6 Å². The molecule has 8 nitrogen and oxygen atoms in total. The molecule has 0 spiro atoms. The molecule has 0 bridgehead atoms. The maximum absolute atomic E-state index is 12.8. The van der Waals surface area contributed by atoms with E-state index in [9.17, 15) is 19.2 Å². The van der Waals surface area contributed by atoms with Gasteiger partial charge in [-0.1, -0.05) is 6.07 Å². The summed E-state index contributed by atoms with van der Waals surface area (Å²) in [5, 5.41) is 5.33. The molecule has 3 rings (SSSR count). The summed E-state index contributed by atoms with van der Waals surface area (Å²) in [6.07, 6.45) is 0.274. The third kappa shape index (κ3) is 3.63. The third-order valence-corrected chi connectivity index (χ3v) is 5.19. The van der Waals surface area contributed by atoms with Gasteiger partial charge in [0.05, 0.1) is 11.1 Å². The summed E-state index contributed by atoms with van der Waals surface area (Å²) < 4.78 is 0. The van der Waals surface area contributed by atoms with E-state index >= 15 is 0 Å². The number of hydrogen-bond acceptors (Lipinski definition) is 6. The fourth-order valence-corrected chi connectivity index (χ4v) is 3.51. The first kappa shape index (κ1) is 19.2.